The smallest absolute Gasteiger partial charge is 0.282 e. The number of rotatable bonds is 2. The molecule has 0 atom stereocenters. The normalized spacial score (nSPS) is 12.8. The summed E-state index contributed by atoms with van der Waals surface area (Å²) in [6.07, 6.45) is 1.62. The van der Waals surface area contributed by atoms with Gasteiger partial charge in [0.25, 0.3) is 10.1 Å². The fourth-order valence-electron chi connectivity index (χ4n) is 0.190. The standard InChI is InChI=1S/C4H7O3S/c1-2-3-4-8(5,6)7/h3-4H,1-2H2,(H,5,6,7)/b4-3+. The number of hydrogen-bond acceptors (Lipinski definition) is 2. The SMILES string of the molecule is [CH2]C/C=C/S(=O)(=O)O. The highest BCUT2D eigenvalue weighted by Gasteiger charge is 1.91. The zero-order chi connectivity index (χ0) is 6.62. The first kappa shape index (κ1) is 7.65. The summed E-state index contributed by atoms with van der Waals surface area (Å²) in [5.41, 5.74) is 0. The molecule has 0 aromatic rings. The van der Waals surface area contributed by atoms with E-state index < -0.39 is 10.1 Å². The molecule has 0 saturated carbocycles. The average molecular weight is 135 g/mol. The molecule has 0 bridgehead atoms. The predicted molar refractivity (Wildman–Crippen MR) is 30.7 cm³/mol. The van der Waals surface area contributed by atoms with Crippen LogP contribution in [0.15, 0.2) is 11.5 Å². The van der Waals surface area contributed by atoms with Crippen molar-refractivity contribution in [3.8, 4) is 0 Å². The first-order valence-electron chi connectivity index (χ1n) is 1.99. The third kappa shape index (κ3) is 5.65. The maximum Gasteiger partial charge on any atom is 0.287 e. The fraction of sp³-hybridized carbons (Fsp3) is 0.250. The number of hydrogen-bond donors (Lipinski definition) is 1. The molecular formula is C4H7O3S. The Morgan fingerprint density at radius 1 is 1.62 bits per heavy atom. The van der Waals surface area contributed by atoms with Gasteiger partial charge in [-0.2, -0.15) is 8.42 Å². The minimum absolute atomic E-state index is 0.361. The Hall–Kier alpha value is -0.350. The van der Waals surface area contributed by atoms with Gasteiger partial charge in [-0.3, -0.25) is 4.55 Å². The van der Waals surface area contributed by atoms with E-state index in [-0.39, 0.29) is 0 Å². The largest absolute Gasteiger partial charge is 0.287 e. The Morgan fingerprint density at radius 2 is 2.12 bits per heavy atom. The summed E-state index contributed by atoms with van der Waals surface area (Å²) in [5.74, 6) is 0. The molecule has 0 fully saturated rings. The van der Waals surface area contributed by atoms with E-state index in [2.05, 4.69) is 6.92 Å². The molecule has 0 aliphatic rings. The van der Waals surface area contributed by atoms with Crippen LogP contribution in [0.4, 0.5) is 0 Å². The van der Waals surface area contributed by atoms with Crippen LogP contribution in [-0.2, 0) is 10.1 Å². The van der Waals surface area contributed by atoms with Crippen LogP contribution < -0.4 is 0 Å². The van der Waals surface area contributed by atoms with Gasteiger partial charge in [0.15, 0.2) is 0 Å². The minimum Gasteiger partial charge on any atom is -0.282 e. The van der Waals surface area contributed by atoms with Crippen molar-refractivity contribution in [3.63, 3.8) is 0 Å². The zero-order valence-corrected chi connectivity index (χ0v) is 5.06. The summed E-state index contributed by atoms with van der Waals surface area (Å²) < 4.78 is 27.7. The molecular weight excluding hydrogens is 128 g/mol. The molecule has 0 saturated heterocycles. The molecule has 4 heteroatoms. The summed E-state index contributed by atoms with van der Waals surface area (Å²) in [4.78, 5) is 0. The molecule has 0 aliphatic carbocycles. The van der Waals surface area contributed by atoms with Crippen molar-refractivity contribution in [3.05, 3.63) is 18.4 Å². The summed E-state index contributed by atoms with van der Waals surface area (Å²) in [5, 5.41) is 0.708. The topological polar surface area (TPSA) is 54.4 Å². The lowest BCUT2D eigenvalue weighted by Gasteiger charge is -1.79. The summed E-state index contributed by atoms with van der Waals surface area (Å²) in [6.45, 7) is 3.33. The molecule has 1 N–H and O–H groups in total. The van der Waals surface area contributed by atoms with Crippen molar-refractivity contribution >= 4 is 10.1 Å². The van der Waals surface area contributed by atoms with Crippen molar-refractivity contribution in [1.82, 2.24) is 0 Å². The van der Waals surface area contributed by atoms with Gasteiger partial charge in [-0.1, -0.05) is 6.08 Å². The van der Waals surface area contributed by atoms with E-state index in [1.807, 2.05) is 0 Å². The van der Waals surface area contributed by atoms with Crippen LogP contribution in [-0.4, -0.2) is 13.0 Å². The van der Waals surface area contributed by atoms with Gasteiger partial charge in [0, 0.05) is 0 Å². The molecule has 0 aromatic carbocycles. The quantitative estimate of drug-likeness (QED) is 0.564. The zero-order valence-electron chi connectivity index (χ0n) is 4.24. The summed E-state index contributed by atoms with van der Waals surface area (Å²) in [7, 11) is -3.91. The summed E-state index contributed by atoms with van der Waals surface area (Å²) >= 11 is 0. The maximum atomic E-state index is 9.83. The van der Waals surface area contributed by atoms with Crippen molar-refractivity contribution < 1.29 is 13.0 Å². The Balaban J connectivity index is 3.92. The summed E-state index contributed by atoms with van der Waals surface area (Å²) in [6, 6.07) is 0. The Bertz CT molecular complexity index is 166. The first-order valence-corrected chi connectivity index (χ1v) is 3.50. The van der Waals surface area contributed by atoms with Crippen molar-refractivity contribution in [1.29, 1.82) is 0 Å². The third-order valence-corrected chi connectivity index (χ3v) is 0.971. The van der Waals surface area contributed by atoms with Gasteiger partial charge in [-0.05, 0) is 13.3 Å². The molecule has 0 unspecified atom stereocenters. The highest BCUT2D eigenvalue weighted by Crippen LogP contribution is 1.85. The fourth-order valence-corrected chi connectivity index (χ4v) is 0.569. The molecule has 0 aromatic heterocycles. The lowest BCUT2D eigenvalue weighted by atomic mass is 10.5. The molecule has 0 rings (SSSR count). The van der Waals surface area contributed by atoms with Crippen LogP contribution in [0.1, 0.15) is 6.42 Å². The van der Waals surface area contributed by atoms with Crippen LogP contribution in [0, 0.1) is 6.92 Å². The second-order valence-electron chi connectivity index (χ2n) is 1.18. The molecule has 0 spiro atoms. The predicted octanol–water partition coefficient (Wildman–Crippen LogP) is 0.612. The Kier molecular flexibility index (Phi) is 2.71. The van der Waals surface area contributed by atoms with E-state index >= 15 is 0 Å². The monoisotopic (exact) mass is 135 g/mol. The second kappa shape index (κ2) is 2.84. The van der Waals surface area contributed by atoms with Crippen LogP contribution >= 0.6 is 0 Å². The van der Waals surface area contributed by atoms with E-state index in [4.69, 9.17) is 4.55 Å². The molecule has 1 radical (unpaired) electrons. The first-order chi connectivity index (χ1) is 3.56. The molecule has 0 heterocycles. The van der Waals surface area contributed by atoms with Crippen molar-refractivity contribution in [2.45, 2.75) is 6.42 Å². The van der Waals surface area contributed by atoms with Gasteiger partial charge >= 0.3 is 0 Å². The van der Waals surface area contributed by atoms with E-state index in [0.29, 0.717) is 11.8 Å². The van der Waals surface area contributed by atoms with Crippen LogP contribution in [0.3, 0.4) is 0 Å². The highest BCUT2D eigenvalue weighted by molar-refractivity contribution is 7.88. The van der Waals surface area contributed by atoms with E-state index in [0.717, 1.165) is 0 Å². The van der Waals surface area contributed by atoms with Crippen molar-refractivity contribution in [2.75, 3.05) is 0 Å². The third-order valence-electron chi connectivity index (χ3n) is 0.435. The highest BCUT2D eigenvalue weighted by atomic mass is 32.2. The maximum absolute atomic E-state index is 9.83. The van der Waals surface area contributed by atoms with Gasteiger partial charge in [-0.25, -0.2) is 0 Å². The molecule has 0 amide bonds. The Labute approximate surface area is 48.8 Å². The molecule has 0 aliphatic heterocycles. The second-order valence-corrected chi connectivity index (χ2v) is 2.48. The van der Waals surface area contributed by atoms with Crippen molar-refractivity contribution in [2.24, 2.45) is 0 Å². The van der Waals surface area contributed by atoms with Gasteiger partial charge in [0.1, 0.15) is 0 Å². The van der Waals surface area contributed by atoms with Gasteiger partial charge < -0.3 is 0 Å². The lowest BCUT2D eigenvalue weighted by Crippen LogP contribution is -1.88. The molecule has 47 valence electrons. The van der Waals surface area contributed by atoms with E-state index in [1.54, 1.807) is 0 Å². The Morgan fingerprint density at radius 3 is 2.25 bits per heavy atom. The number of allylic oxidation sites excluding steroid dienone is 1. The molecule has 3 nitrogen and oxygen atoms in total. The molecule has 8 heavy (non-hydrogen) atoms. The van der Waals surface area contributed by atoms with Gasteiger partial charge in [0.2, 0.25) is 0 Å². The van der Waals surface area contributed by atoms with Crippen LogP contribution in [0.5, 0.6) is 0 Å². The van der Waals surface area contributed by atoms with Crippen LogP contribution in [0.25, 0.3) is 0 Å². The van der Waals surface area contributed by atoms with E-state index in [9.17, 15) is 8.42 Å². The van der Waals surface area contributed by atoms with Crippen LogP contribution in [0.2, 0.25) is 0 Å². The van der Waals surface area contributed by atoms with Gasteiger partial charge in [-0.15, -0.1) is 0 Å². The van der Waals surface area contributed by atoms with Gasteiger partial charge in [0.05, 0.1) is 5.41 Å². The lowest BCUT2D eigenvalue weighted by molar-refractivity contribution is 0.494. The van der Waals surface area contributed by atoms with E-state index in [1.165, 1.54) is 6.08 Å². The average Bonchev–Trinajstić information content (AvgIpc) is 1.59. The minimum atomic E-state index is -3.91.